The summed E-state index contributed by atoms with van der Waals surface area (Å²) in [6.07, 6.45) is 4.26. The molecule has 0 aliphatic carbocycles. The molecule has 0 unspecified atom stereocenters. The van der Waals surface area contributed by atoms with Crippen molar-refractivity contribution in [2.75, 3.05) is 32.1 Å². The molecule has 1 N–H and O–H groups in total. The minimum absolute atomic E-state index is 0.106. The number of carbonyl (C=O) groups is 1. The molecule has 1 fully saturated rings. The van der Waals surface area contributed by atoms with Crippen molar-refractivity contribution in [2.45, 2.75) is 32.3 Å². The van der Waals surface area contributed by atoms with Gasteiger partial charge in [0.25, 0.3) is 0 Å². The SMILES string of the molecule is CNc1cc(CC[C@@H]2CN(C(=O)Cc3ccc(C)s3)CCO2)ccn1. The average molecular weight is 359 g/mol. The molecule has 3 rings (SSSR count). The molecule has 2 aromatic rings. The number of aromatic nitrogens is 1. The van der Waals surface area contributed by atoms with E-state index in [-0.39, 0.29) is 12.0 Å². The van der Waals surface area contributed by atoms with Crippen molar-refractivity contribution < 1.29 is 9.53 Å². The highest BCUT2D eigenvalue weighted by atomic mass is 32.1. The van der Waals surface area contributed by atoms with Crippen molar-refractivity contribution in [3.63, 3.8) is 0 Å². The fourth-order valence-electron chi connectivity index (χ4n) is 3.06. The molecule has 3 heterocycles. The van der Waals surface area contributed by atoms with Crippen molar-refractivity contribution in [2.24, 2.45) is 0 Å². The van der Waals surface area contributed by atoms with Crippen LogP contribution in [0.3, 0.4) is 0 Å². The smallest absolute Gasteiger partial charge is 0.227 e. The molecule has 0 spiro atoms. The third kappa shape index (κ3) is 5.03. The Bertz CT molecular complexity index is 716. The zero-order chi connectivity index (χ0) is 17.6. The molecule has 0 aromatic carbocycles. The van der Waals surface area contributed by atoms with Crippen LogP contribution in [0.25, 0.3) is 0 Å². The number of anilines is 1. The van der Waals surface area contributed by atoms with Crippen molar-refractivity contribution in [3.8, 4) is 0 Å². The standard InChI is InChI=1S/C19H25N3O2S/c1-14-3-6-17(25-14)12-19(23)22-9-10-24-16(13-22)5-4-15-7-8-21-18(11-15)20-2/h3,6-8,11,16H,4-5,9-10,12-13H2,1-2H3,(H,20,21)/t16-/m1/s1. The highest BCUT2D eigenvalue weighted by Gasteiger charge is 2.24. The molecule has 1 atom stereocenters. The maximum absolute atomic E-state index is 12.5. The van der Waals surface area contributed by atoms with E-state index in [2.05, 4.69) is 35.4 Å². The molecule has 1 amide bonds. The first-order valence-electron chi connectivity index (χ1n) is 8.71. The molecule has 0 saturated carbocycles. The van der Waals surface area contributed by atoms with E-state index in [1.165, 1.54) is 10.4 Å². The van der Waals surface area contributed by atoms with Gasteiger partial charge in [-0.05, 0) is 49.6 Å². The first-order chi connectivity index (χ1) is 12.1. The maximum Gasteiger partial charge on any atom is 0.227 e. The van der Waals surface area contributed by atoms with Crippen LogP contribution in [-0.4, -0.2) is 48.6 Å². The van der Waals surface area contributed by atoms with Gasteiger partial charge in [-0.3, -0.25) is 4.79 Å². The summed E-state index contributed by atoms with van der Waals surface area (Å²) >= 11 is 1.70. The number of amides is 1. The highest BCUT2D eigenvalue weighted by Crippen LogP contribution is 2.18. The number of pyridine rings is 1. The van der Waals surface area contributed by atoms with E-state index in [1.807, 2.05) is 24.2 Å². The Kier molecular flexibility index (Phi) is 6.04. The lowest BCUT2D eigenvalue weighted by atomic mass is 10.1. The van der Waals surface area contributed by atoms with Crippen LogP contribution in [-0.2, 0) is 22.4 Å². The Morgan fingerprint density at radius 2 is 2.32 bits per heavy atom. The minimum atomic E-state index is 0.106. The van der Waals surface area contributed by atoms with Crippen LogP contribution >= 0.6 is 11.3 Å². The zero-order valence-corrected chi connectivity index (χ0v) is 15.6. The minimum Gasteiger partial charge on any atom is -0.375 e. The molecule has 1 saturated heterocycles. The second kappa shape index (κ2) is 8.45. The lowest BCUT2D eigenvalue weighted by Gasteiger charge is -2.33. The topological polar surface area (TPSA) is 54.5 Å². The molecule has 2 aromatic heterocycles. The quantitative estimate of drug-likeness (QED) is 0.862. The van der Waals surface area contributed by atoms with Gasteiger partial charge in [-0.15, -0.1) is 11.3 Å². The van der Waals surface area contributed by atoms with Gasteiger partial charge in [-0.25, -0.2) is 4.98 Å². The summed E-state index contributed by atoms with van der Waals surface area (Å²) in [6, 6.07) is 8.22. The summed E-state index contributed by atoms with van der Waals surface area (Å²) in [5, 5.41) is 3.06. The zero-order valence-electron chi connectivity index (χ0n) is 14.8. The van der Waals surface area contributed by atoms with E-state index < -0.39 is 0 Å². The Labute approximate surface area is 153 Å². The number of carbonyl (C=O) groups excluding carboxylic acids is 1. The largest absolute Gasteiger partial charge is 0.375 e. The lowest BCUT2D eigenvalue weighted by Crippen LogP contribution is -2.46. The number of nitrogens with one attached hydrogen (secondary N) is 1. The van der Waals surface area contributed by atoms with Gasteiger partial charge in [0, 0.05) is 36.1 Å². The van der Waals surface area contributed by atoms with Crippen molar-refractivity contribution in [1.29, 1.82) is 0 Å². The monoisotopic (exact) mass is 359 g/mol. The third-order valence-corrected chi connectivity index (χ3v) is 5.45. The molecule has 134 valence electrons. The summed E-state index contributed by atoms with van der Waals surface area (Å²) in [7, 11) is 1.87. The molecule has 0 bridgehead atoms. The summed E-state index contributed by atoms with van der Waals surface area (Å²) in [6.45, 7) is 4.08. The molecule has 1 aliphatic rings. The number of morpholine rings is 1. The number of thiophene rings is 1. The Balaban J connectivity index is 1.51. The number of ether oxygens (including phenoxy) is 1. The predicted molar refractivity (Wildman–Crippen MR) is 101 cm³/mol. The molecule has 25 heavy (non-hydrogen) atoms. The molecular weight excluding hydrogens is 334 g/mol. The predicted octanol–water partition coefficient (Wildman–Crippen LogP) is 2.90. The average Bonchev–Trinajstić information content (AvgIpc) is 3.05. The van der Waals surface area contributed by atoms with Gasteiger partial charge < -0.3 is 15.0 Å². The molecule has 6 heteroatoms. The Hall–Kier alpha value is -1.92. The highest BCUT2D eigenvalue weighted by molar-refractivity contribution is 7.12. The van der Waals surface area contributed by atoms with E-state index in [4.69, 9.17) is 4.74 Å². The van der Waals surface area contributed by atoms with E-state index >= 15 is 0 Å². The Morgan fingerprint density at radius 1 is 1.44 bits per heavy atom. The summed E-state index contributed by atoms with van der Waals surface area (Å²) in [5.74, 6) is 1.08. The van der Waals surface area contributed by atoms with Gasteiger partial charge >= 0.3 is 0 Å². The van der Waals surface area contributed by atoms with E-state index in [0.29, 0.717) is 26.1 Å². The van der Waals surface area contributed by atoms with Crippen LogP contribution < -0.4 is 5.32 Å². The van der Waals surface area contributed by atoms with Gasteiger partial charge in [0.1, 0.15) is 5.82 Å². The van der Waals surface area contributed by atoms with Gasteiger partial charge in [-0.1, -0.05) is 0 Å². The van der Waals surface area contributed by atoms with Crippen LogP contribution in [0.5, 0.6) is 0 Å². The van der Waals surface area contributed by atoms with Gasteiger partial charge in [-0.2, -0.15) is 0 Å². The van der Waals surface area contributed by atoms with Crippen LogP contribution in [0.4, 0.5) is 5.82 Å². The molecular formula is C19H25N3O2S. The normalized spacial score (nSPS) is 17.5. The van der Waals surface area contributed by atoms with Gasteiger partial charge in [0.2, 0.25) is 5.91 Å². The van der Waals surface area contributed by atoms with Crippen LogP contribution in [0.2, 0.25) is 0 Å². The fraction of sp³-hybridized carbons (Fsp3) is 0.474. The second-order valence-electron chi connectivity index (χ2n) is 6.36. The number of hydrogen-bond donors (Lipinski definition) is 1. The summed E-state index contributed by atoms with van der Waals surface area (Å²) < 4.78 is 5.87. The van der Waals surface area contributed by atoms with Crippen LogP contribution in [0, 0.1) is 6.92 Å². The molecule has 1 aliphatic heterocycles. The third-order valence-electron chi connectivity index (χ3n) is 4.45. The van der Waals surface area contributed by atoms with Crippen molar-refractivity contribution in [3.05, 3.63) is 45.8 Å². The number of rotatable bonds is 6. The number of nitrogens with zero attached hydrogens (tertiary/aromatic N) is 2. The van der Waals surface area contributed by atoms with E-state index in [1.54, 1.807) is 11.3 Å². The number of aryl methyl sites for hydroxylation is 2. The maximum atomic E-state index is 12.5. The first kappa shape index (κ1) is 17.9. The van der Waals surface area contributed by atoms with Crippen molar-refractivity contribution >= 4 is 23.1 Å². The van der Waals surface area contributed by atoms with E-state index in [0.717, 1.165) is 23.5 Å². The van der Waals surface area contributed by atoms with E-state index in [9.17, 15) is 4.79 Å². The first-order valence-corrected chi connectivity index (χ1v) is 9.53. The van der Waals surface area contributed by atoms with Gasteiger partial charge in [0.15, 0.2) is 0 Å². The molecule has 5 nitrogen and oxygen atoms in total. The lowest BCUT2D eigenvalue weighted by molar-refractivity contribution is -0.138. The summed E-state index contributed by atoms with van der Waals surface area (Å²) in [4.78, 5) is 21.1. The summed E-state index contributed by atoms with van der Waals surface area (Å²) in [5.41, 5.74) is 1.24. The van der Waals surface area contributed by atoms with Crippen LogP contribution in [0.15, 0.2) is 30.5 Å². The number of hydrogen-bond acceptors (Lipinski definition) is 5. The fourth-order valence-corrected chi connectivity index (χ4v) is 3.94. The second-order valence-corrected chi connectivity index (χ2v) is 7.73. The van der Waals surface area contributed by atoms with Crippen LogP contribution in [0.1, 0.15) is 21.7 Å². The Morgan fingerprint density at radius 3 is 3.08 bits per heavy atom. The van der Waals surface area contributed by atoms with Crippen molar-refractivity contribution in [1.82, 2.24) is 9.88 Å². The van der Waals surface area contributed by atoms with Gasteiger partial charge in [0.05, 0.1) is 19.1 Å². The molecule has 0 radical (unpaired) electrons.